The maximum atomic E-state index is 12.9. The molecule has 2 aromatic carbocycles. The summed E-state index contributed by atoms with van der Waals surface area (Å²) >= 11 is 0. The van der Waals surface area contributed by atoms with Crippen molar-refractivity contribution in [3.63, 3.8) is 0 Å². The highest BCUT2D eigenvalue weighted by Gasteiger charge is 2.28. The van der Waals surface area contributed by atoms with Crippen molar-refractivity contribution < 1.29 is 14.4 Å². The quantitative estimate of drug-likeness (QED) is 0.641. The summed E-state index contributed by atoms with van der Waals surface area (Å²) in [6.07, 6.45) is 1.19. The number of nitrogens with one attached hydrogen (secondary N) is 1. The minimum atomic E-state index is -0.169. The molecule has 0 unspecified atom stereocenters. The lowest BCUT2D eigenvalue weighted by Gasteiger charge is -2.31. The highest BCUT2D eigenvalue weighted by Crippen LogP contribution is 2.22. The third-order valence-electron chi connectivity index (χ3n) is 5.75. The van der Waals surface area contributed by atoms with Crippen molar-refractivity contribution in [1.29, 1.82) is 0 Å². The molecule has 8 nitrogen and oxygen atoms in total. The Bertz CT molecular complexity index is 1150. The van der Waals surface area contributed by atoms with Gasteiger partial charge in [0.05, 0.1) is 5.52 Å². The van der Waals surface area contributed by atoms with Gasteiger partial charge in [0.25, 0.3) is 5.91 Å². The van der Waals surface area contributed by atoms with E-state index in [4.69, 9.17) is 0 Å². The molecule has 2 heterocycles. The SMILES string of the molecule is CCn1nnc2cc(C(=O)N3CCC(C(=O)Nc4cccc(C(C)=O)c4)CC3)ccc21. The summed E-state index contributed by atoms with van der Waals surface area (Å²) in [4.78, 5) is 38.9. The Morgan fingerprint density at radius 3 is 2.55 bits per heavy atom. The van der Waals surface area contributed by atoms with Crippen LogP contribution in [-0.2, 0) is 11.3 Å². The molecule has 0 radical (unpaired) electrons. The fraction of sp³-hybridized carbons (Fsp3) is 0.348. The summed E-state index contributed by atoms with van der Waals surface area (Å²) < 4.78 is 1.79. The molecule has 0 saturated carbocycles. The van der Waals surface area contributed by atoms with Crippen molar-refractivity contribution in [2.75, 3.05) is 18.4 Å². The summed E-state index contributed by atoms with van der Waals surface area (Å²) in [5.41, 5.74) is 3.37. The fourth-order valence-corrected chi connectivity index (χ4v) is 3.93. The molecule has 160 valence electrons. The van der Waals surface area contributed by atoms with Gasteiger partial charge in [0, 0.05) is 42.4 Å². The van der Waals surface area contributed by atoms with E-state index in [1.807, 2.05) is 13.0 Å². The van der Waals surface area contributed by atoms with Gasteiger partial charge in [-0.1, -0.05) is 17.3 Å². The van der Waals surface area contributed by atoms with Crippen LogP contribution in [0.4, 0.5) is 5.69 Å². The van der Waals surface area contributed by atoms with Crippen LogP contribution in [0.25, 0.3) is 11.0 Å². The first kappa shape index (κ1) is 20.7. The second-order valence-corrected chi connectivity index (χ2v) is 7.80. The molecule has 1 aliphatic rings. The van der Waals surface area contributed by atoms with Gasteiger partial charge in [0.1, 0.15) is 5.52 Å². The van der Waals surface area contributed by atoms with E-state index >= 15 is 0 Å². The number of carbonyl (C=O) groups is 3. The number of rotatable bonds is 5. The maximum Gasteiger partial charge on any atom is 0.253 e. The third-order valence-corrected chi connectivity index (χ3v) is 5.75. The lowest BCUT2D eigenvalue weighted by atomic mass is 9.95. The van der Waals surface area contributed by atoms with Crippen LogP contribution < -0.4 is 5.32 Å². The van der Waals surface area contributed by atoms with E-state index in [2.05, 4.69) is 15.6 Å². The zero-order chi connectivity index (χ0) is 22.0. The predicted octanol–water partition coefficient (Wildman–Crippen LogP) is 3.14. The normalized spacial score (nSPS) is 14.6. The summed E-state index contributed by atoms with van der Waals surface area (Å²) in [5, 5.41) is 11.1. The monoisotopic (exact) mass is 419 g/mol. The smallest absolute Gasteiger partial charge is 0.253 e. The van der Waals surface area contributed by atoms with Gasteiger partial charge in [-0.15, -0.1) is 5.10 Å². The number of benzene rings is 2. The van der Waals surface area contributed by atoms with Gasteiger partial charge in [0.2, 0.25) is 5.91 Å². The second kappa shape index (κ2) is 8.67. The number of fused-ring (bicyclic) bond motifs is 1. The lowest BCUT2D eigenvalue weighted by Crippen LogP contribution is -2.41. The van der Waals surface area contributed by atoms with Crippen LogP contribution in [0.15, 0.2) is 42.5 Å². The first-order valence-corrected chi connectivity index (χ1v) is 10.5. The standard InChI is InChI=1S/C23H25N5O3/c1-3-28-21-8-7-18(14-20(21)25-26-28)23(31)27-11-9-16(10-12-27)22(30)24-19-6-4-5-17(13-19)15(2)29/h4-8,13-14,16H,3,9-12H2,1-2H3,(H,24,30). The number of Topliss-reactive ketones (excluding diaryl/α,β-unsaturated/α-hetero) is 1. The zero-order valence-corrected chi connectivity index (χ0v) is 17.7. The predicted molar refractivity (Wildman–Crippen MR) is 117 cm³/mol. The fourth-order valence-electron chi connectivity index (χ4n) is 3.93. The molecular weight excluding hydrogens is 394 g/mol. The number of aromatic nitrogens is 3. The molecule has 4 rings (SSSR count). The summed E-state index contributed by atoms with van der Waals surface area (Å²) in [6, 6.07) is 12.4. The number of amides is 2. The number of carbonyl (C=O) groups excluding carboxylic acids is 3. The van der Waals surface area contributed by atoms with Crippen LogP contribution in [0.1, 0.15) is 47.4 Å². The van der Waals surface area contributed by atoms with E-state index in [1.54, 1.807) is 46.0 Å². The van der Waals surface area contributed by atoms with Gasteiger partial charge in [-0.05, 0) is 57.0 Å². The number of ketones is 1. The van der Waals surface area contributed by atoms with Gasteiger partial charge in [-0.25, -0.2) is 4.68 Å². The number of likely N-dealkylation sites (tertiary alicyclic amines) is 1. The molecule has 1 N–H and O–H groups in total. The summed E-state index contributed by atoms with van der Waals surface area (Å²) in [7, 11) is 0. The minimum Gasteiger partial charge on any atom is -0.339 e. The average molecular weight is 419 g/mol. The van der Waals surface area contributed by atoms with Gasteiger partial charge in [-0.3, -0.25) is 14.4 Å². The van der Waals surface area contributed by atoms with Crippen molar-refractivity contribution in [2.24, 2.45) is 5.92 Å². The molecule has 1 aromatic heterocycles. The minimum absolute atomic E-state index is 0.0432. The van der Waals surface area contributed by atoms with Gasteiger partial charge < -0.3 is 10.2 Å². The molecule has 2 amide bonds. The molecular formula is C23H25N5O3. The first-order valence-electron chi connectivity index (χ1n) is 10.5. The van der Waals surface area contributed by atoms with Crippen molar-refractivity contribution in [2.45, 2.75) is 33.2 Å². The molecule has 0 aliphatic carbocycles. The van der Waals surface area contributed by atoms with Gasteiger partial charge in [-0.2, -0.15) is 0 Å². The number of hydrogen-bond donors (Lipinski definition) is 1. The van der Waals surface area contributed by atoms with Crippen LogP contribution in [-0.4, -0.2) is 50.6 Å². The maximum absolute atomic E-state index is 12.9. The Kier molecular flexibility index (Phi) is 5.79. The molecule has 1 saturated heterocycles. The second-order valence-electron chi connectivity index (χ2n) is 7.80. The molecule has 0 bridgehead atoms. The number of hydrogen-bond acceptors (Lipinski definition) is 5. The zero-order valence-electron chi connectivity index (χ0n) is 17.7. The summed E-state index contributed by atoms with van der Waals surface area (Å²) in [6.45, 7) is 5.25. The van der Waals surface area contributed by atoms with E-state index < -0.39 is 0 Å². The van der Waals surface area contributed by atoms with Crippen LogP contribution in [0.3, 0.4) is 0 Å². The Morgan fingerprint density at radius 1 is 1.06 bits per heavy atom. The number of aryl methyl sites for hydroxylation is 1. The van der Waals surface area contributed by atoms with Crippen molar-refractivity contribution in [1.82, 2.24) is 19.9 Å². The average Bonchev–Trinajstić information content (AvgIpc) is 3.21. The van der Waals surface area contributed by atoms with Crippen molar-refractivity contribution >= 4 is 34.3 Å². The number of piperidine rings is 1. The molecule has 0 spiro atoms. The Hall–Kier alpha value is -3.55. The van der Waals surface area contributed by atoms with Crippen LogP contribution >= 0.6 is 0 Å². The Morgan fingerprint density at radius 2 is 1.84 bits per heavy atom. The van der Waals surface area contributed by atoms with E-state index in [9.17, 15) is 14.4 Å². The Labute approximate surface area is 180 Å². The van der Waals surface area contributed by atoms with Gasteiger partial charge >= 0.3 is 0 Å². The van der Waals surface area contributed by atoms with E-state index in [0.29, 0.717) is 48.3 Å². The lowest BCUT2D eigenvalue weighted by molar-refractivity contribution is -0.121. The molecule has 8 heteroatoms. The molecule has 31 heavy (non-hydrogen) atoms. The highest BCUT2D eigenvalue weighted by molar-refractivity contribution is 5.99. The number of anilines is 1. The van der Waals surface area contributed by atoms with E-state index in [0.717, 1.165) is 12.1 Å². The largest absolute Gasteiger partial charge is 0.339 e. The van der Waals surface area contributed by atoms with Crippen LogP contribution in [0, 0.1) is 5.92 Å². The van der Waals surface area contributed by atoms with Crippen LogP contribution in [0.5, 0.6) is 0 Å². The molecule has 3 aromatic rings. The molecule has 1 aliphatic heterocycles. The van der Waals surface area contributed by atoms with E-state index in [-0.39, 0.29) is 23.5 Å². The summed E-state index contributed by atoms with van der Waals surface area (Å²) in [5.74, 6) is -0.346. The van der Waals surface area contributed by atoms with Gasteiger partial charge in [0.15, 0.2) is 5.78 Å². The van der Waals surface area contributed by atoms with Crippen LogP contribution in [0.2, 0.25) is 0 Å². The topological polar surface area (TPSA) is 97.2 Å². The van der Waals surface area contributed by atoms with E-state index in [1.165, 1.54) is 6.92 Å². The Balaban J connectivity index is 1.37. The van der Waals surface area contributed by atoms with Crippen molar-refractivity contribution in [3.8, 4) is 0 Å². The molecule has 0 atom stereocenters. The third kappa shape index (κ3) is 4.33. The number of nitrogens with zero attached hydrogens (tertiary/aromatic N) is 4. The molecule has 1 fully saturated rings. The highest BCUT2D eigenvalue weighted by atomic mass is 16.2. The first-order chi connectivity index (χ1) is 15.0. The van der Waals surface area contributed by atoms with Crippen molar-refractivity contribution in [3.05, 3.63) is 53.6 Å².